The van der Waals surface area contributed by atoms with Crippen molar-refractivity contribution in [1.82, 2.24) is 4.57 Å². The third-order valence-electron chi connectivity index (χ3n) is 4.26. The molecule has 3 rings (SSSR count). The second-order valence-corrected chi connectivity index (χ2v) is 10.1. The zero-order valence-electron chi connectivity index (χ0n) is 15.3. The minimum absolute atomic E-state index is 0.166. The Morgan fingerprint density at radius 2 is 1.71 bits per heavy atom. The Bertz CT molecular complexity index is 842. The Morgan fingerprint density at radius 3 is 2.42 bits per heavy atom. The van der Waals surface area contributed by atoms with Gasteiger partial charge in [-0.25, -0.2) is 0 Å². The summed E-state index contributed by atoms with van der Waals surface area (Å²) >= 11 is 0. The van der Waals surface area contributed by atoms with Crippen LogP contribution >= 0.6 is 0 Å². The summed E-state index contributed by atoms with van der Waals surface area (Å²) in [6.45, 7) is 12.0. The van der Waals surface area contributed by atoms with Gasteiger partial charge in [-0.2, -0.15) is 0 Å². The molecule has 0 spiro atoms. The molecule has 0 N–H and O–H groups in total. The number of benzene rings is 2. The first-order chi connectivity index (χ1) is 11.3. The van der Waals surface area contributed by atoms with Crippen molar-refractivity contribution in [3.63, 3.8) is 0 Å². The van der Waals surface area contributed by atoms with Crippen molar-refractivity contribution >= 4 is 19.9 Å². The monoisotopic (exact) mass is 337 g/mol. The number of hydrogen-bond donors (Lipinski definition) is 0. The van der Waals surface area contributed by atoms with Crippen molar-refractivity contribution in [2.45, 2.75) is 45.8 Å². The average molecular weight is 338 g/mol. The highest BCUT2D eigenvalue weighted by Gasteiger charge is 2.15. The average Bonchev–Trinajstić information content (AvgIpc) is 2.84. The minimum Gasteiger partial charge on any atom is -0.535 e. The lowest BCUT2D eigenvalue weighted by molar-refractivity contribution is 0.519. The van der Waals surface area contributed by atoms with Gasteiger partial charge >= 0.3 is 0 Å². The van der Waals surface area contributed by atoms with Crippen LogP contribution < -0.4 is 4.43 Å². The molecule has 2 aromatic carbocycles. The van der Waals surface area contributed by atoms with Crippen LogP contribution in [0.2, 0.25) is 13.1 Å². The smallest absolute Gasteiger partial charge is 0.231 e. The van der Waals surface area contributed by atoms with E-state index in [2.05, 4.69) is 93.0 Å². The number of aromatic nitrogens is 1. The van der Waals surface area contributed by atoms with Crippen molar-refractivity contribution in [3.05, 3.63) is 65.7 Å². The largest absolute Gasteiger partial charge is 0.535 e. The van der Waals surface area contributed by atoms with Gasteiger partial charge in [0.25, 0.3) is 0 Å². The molecule has 2 nitrogen and oxygen atoms in total. The highest BCUT2D eigenvalue weighted by atomic mass is 28.3. The Kier molecular flexibility index (Phi) is 4.55. The fraction of sp³-hybridized carbons (Fsp3) is 0.333. The van der Waals surface area contributed by atoms with Gasteiger partial charge in [0.2, 0.25) is 9.04 Å². The van der Waals surface area contributed by atoms with Crippen molar-refractivity contribution in [3.8, 4) is 5.88 Å². The molecule has 0 radical (unpaired) electrons. The molecule has 0 aliphatic rings. The Labute approximate surface area is 146 Å². The maximum absolute atomic E-state index is 6.20. The van der Waals surface area contributed by atoms with Gasteiger partial charge in [-0.1, -0.05) is 63.2 Å². The molecule has 1 heterocycles. The molecule has 0 unspecified atom stereocenters. The minimum atomic E-state index is -1.15. The third-order valence-corrected chi connectivity index (χ3v) is 4.98. The van der Waals surface area contributed by atoms with Crippen LogP contribution in [0.15, 0.2) is 54.6 Å². The van der Waals surface area contributed by atoms with E-state index in [-0.39, 0.29) is 5.41 Å². The molecule has 3 heteroatoms. The van der Waals surface area contributed by atoms with E-state index in [1.54, 1.807) is 0 Å². The van der Waals surface area contributed by atoms with Gasteiger partial charge in [0, 0.05) is 11.5 Å². The van der Waals surface area contributed by atoms with Gasteiger partial charge in [0.15, 0.2) is 5.88 Å². The predicted octanol–water partition coefficient (Wildman–Crippen LogP) is 5.35. The van der Waals surface area contributed by atoms with E-state index in [1.165, 1.54) is 22.0 Å². The van der Waals surface area contributed by atoms with Crippen LogP contribution in [0.25, 0.3) is 10.9 Å². The highest BCUT2D eigenvalue weighted by molar-refractivity contribution is 6.49. The lowest BCUT2D eigenvalue weighted by atomic mass is 9.86. The molecule has 0 saturated heterocycles. The van der Waals surface area contributed by atoms with E-state index in [0.717, 1.165) is 12.4 Å². The van der Waals surface area contributed by atoms with Crippen molar-refractivity contribution in [2.24, 2.45) is 0 Å². The van der Waals surface area contributed by atoms with Crippen LogP contribution in [0.1, 0.15) is 31.9 Å². The van der Waals surface area contributed by atoms with Crippen LogP contribution in [0.3, 0.4) is 0 Å². The number of rotatable bonds is 4. The predicted molar refractivity (Wildman–Crippen MR) is 106 cm³/mol. The molecule has 0 amide bonds. The van der Waals surface area contributed by atoms with Crippen LogP contribution in [0, 0.1) is 0 Å². The molecule has 0 aliphatic carbocycles. The first kappa shape index (κ1) is 16.8. The van der Waals surface area contributed by atoms with Gasteiger partial charge in [-0.15, -0.1) is 0 Å². The van der Waals surface area contributed by atoms with E-state index in [9.17, 15) is 0 Å². The number of hydrogen-bond acceptors (Lipinski definition) is 1. The molecular formula is C21H27NOSi. The summed E-state index contributed by atoms with van der Waals surface area (Å²) in [6.07, 6.45) is 0. The van der Waals surface area contributed by atoms with Crippen LogP contribution in [-0.2, 0) is 12.0 Å². The fourth-order valence-corrected chi connectivity index (χ4v) is 3.68. The summed E-state index contributed by atoms with van der Waals surface area (Å²) in [4.78, 5) is 0. The summed E-state index contributed by atoms with van der Waals surface area (Å²) in [5.41, 5.74) is 4.10. The van der Waals surface area contributed by atoms with Gasteiger partial charge in [0.1, 0.15) is 0 Å². The van der Waals surface area contributed by atoms with E-state index in [1.807, 2.05) is 0 Å². The topological polar surface area (TPSA) is 14.2 Å². The number of fused-ring (bicyclic) bond motifs is 1. The molecule has 3 aromatic rings. The van der Waals surface area contributed by atoms with Gasteiger partial charge in [-0.05, 0) is 35.7 Å². The maximum atomic E-state index is 6.20. The number of nitrogens with zero attached hydrogens (tertiary/aromatic N) is 1. The zero-order chi connectivity index (χ0) is 17.3. The van der Waals surface area contributed by atoms with E-state index < -0.39 is 9.04 Å². The van der Waals surface area contributed by atoms with Gasteiger partial charge in [-0.3, -0.25) is 0 Å². The molecule has 0 bridgehead atoms. The Morgan fingerprint density at radius 1 is 0.958 bits per heavy atom. The summed E-state index contributed by atoms with van der Waals surface area (Å²) in [6, 6.07) is 19.6. The molecule has 0 atom stereocenters. The second kappa shape index (κ2) is 6.48. The first-order valence-corrected chi connectivity index (χ1v) is 11.5. The van der Waals surface area contributed by atoms with Gasteiger partial charge in [0.05, 0.1) is 12.1 Å². The van der Waals surface area contributed by atoms with Crippen LogP contribution in [0.4, 0.5) is 0 Å². The standard InChI is InChI=1S/C21H27NOSi/c1-21(2,3)18-11-8-9-16(13-18)15-22-19-12-7-6-10-17(19)14-20(22)23-24(4)5/h6-14,24H,15H2,1-5H3. The zero-order valence-corrected chi connectivity index (χ0v) is 16.5. The summed E-state index contributed by atoms with van der Waals surface area (Å²) in [5.74, 6) is 0.999. The lowest BCUT2D eigenvalue weighted by Gasteiger charge is -2.20. The molecular weight excluding hydrogens is 310 g/mol. The van der Waals surface area contributed by atoms with Crippen molar-refractivity contribution in [1.29, 1.82) is 0 Å². The maximum Gasteiger partial charge on any atom is 0.231 e. The molecule has 24 heavy (non-hydrogen) atoms. The van der Waals surface area contributed by atoms with Crippen LogP contribution in [-0.4, -0.2) is 13.6 Å². The molecule has 0 aliphatic heterocycles. The Hall–Kier alpha value is -2.00. The molecule has 0 saturated carbocycles. The Balaban J connectivity index is 2.03. The fourth-order valence-electron chi connectivity index (χ4n) is 3.01. The second-order valence-electron chi connectivity index (χ2n) is 7.74. The van der Waals surface area contributed by atoms with Crippen LogP contribution in [0.5, 0.6) is 5.88 Å². The summed E-state index contributed by atoms with van der Waals surface area (Å²) in [7, 11) is -1.15. The molecule has 0 fully saturated rings. The SMILES string of the molecule is C[SiH](C)Oc1cc2ccccc2n1Cc1cccc(C(C)(C)C)c1. The quantitative estimate of drug-likeness (QED) is 0.585. The third kappa shape index (κ3) is 3.56. The van der Waals surface area contributed by atoms with E-state index in [0.29, 0.717) is 0 Å². The van der Waals surface area contributed by atoms with E-state index in [4.69, 9.17) is 4.43 Å². The molecule has 1 aromatic heterocycles. The number of para-hydroxylation sites is 1. The van der Waals surface area contributed by atoms with Crippen molar-refractivity contribution in [2.75, 3.05) is 0 Å². The molecule has 126 valence electrons. The normalized spacial score (nSPS) is 12.1. The summed E-state index contributed by atoms with van der Waals surface area (Å²) < 4.78 is 8.51. The lowest BCUT2D eigenvalue weighted by Crippen LogP contribution is -2.15. The van der Waals surface area contributed by atoms with E-state index >= 15 is 0 Å². The van der Waals surface area contributed by atoms with Crippen molar-refractivity contribution < 1.29 is 4.43 Å². The highest BCUT2D eigenvalue weighted by Crippen LogP contribution is 2.28. The summed E-state index contributed by atoms with van der Waals surface area (Å²) in [5, 5.41) is 1.24. The van der Waals surface area contributed by atoms with Gasteiger partial charge < -0.3 is 8.99 Å². The first-order valence-electron chi connectivity index (χ1n) is 8.69.